The van der Waals surface area contributed by atoms with Crippen molar-refractivity contribution in [2.75, 3.05) is 32.7 Å². The van der Waals surface area contributed by atoms with Gasteiger partial charge < -0.3 is 15.5 Å². The van der Waals surface area contributed by atoms with E-state index in [-0.39, 0.29) is 5.91 Å². The van der Waals surface area contributed by atoms with Crippen LogP contribution < -0.4 is 5.73 Å². The van der Waals surface area contributed by atoms with Crippen molar-refractivity contribution in [3.8, 4) is 0 Å². The van der Waals surface area contributed by atoms with Crippen LogP contribution in [0.3, 0.4) is 0 Å². The predicted molar refractivity (Wildman–Crippen MR) is 124 cm³/mol. The highest BCUT2D eigenvalue weighted by molar-refractivity contribution is 14.1. The van der Waals surface area contributed by atoms with Crippen LogP contribution in [-0.4, -0.2) is 54.3 Å². The molecule has 2 aromatic rings. The normalized spacial score (nSPS) is 21.5. The minimum atomic E-state index is -0.453. The molecule has 2 saturated heterocycles. The predicted octanol–water partition coefficient (Wildman–Crippen LogP) is 3.40. The van der Waals surface area contributed by atoms with Crippen molar-refractivity contribution >= 4 is 45.7 Å². The first-order chi connectivity index (χ1) is 13.9. The zero-order chi connectivity index (χ0) is 20.5. The molecule has 2 fully saturated rings. The summed E-state index contributed by atoms with van der Waals surface area (Å²) in [6.07, 6.45) is 2.30. The number of thiophene rings is 1. The van der Waals surface area contributed by atoms with Crippen molar-refractivity contribution in [2.24, 2.45) is 17.6 Å². The van der Waals surface area contributed by atoms with E-state index in [2.05, 4.69) is 57.8 Å². The number of likely N-dealkylation sites (tertiary alicyclic amines) is 2. The molecule has 0 bridgehead atoms. The second kappa shape index (κ2) is 8.73. The Balaban J connectivity index is 1.31. The van der Waals surface area contributed by atoms with Crippen LogP contribution in [0.2, 0.25) is 0 Å². The Hall–Kier alpha value is -1.45. The maximum absolute atomic E-state index is 13.1. The van der Waals surface area contributed by atoms with E-state index in [0.717, 1.165) is 44.0 Å². The van der Waals surface area contributed by atoms with Crippen molar-refractivity contribution in [1.29, 1.82) is 0 Å². The standard InChI is InChI=1S/C22H26IN3O2S/c1-14-18(19(23)20(29-14)21(24)27)22(28)26-12-16-10-25(11-17(16)13-26)9-5-8-15-6-3-2-4-7-15/h2-4,6-7,16-17H,5,8-13H2,1H3,(H2,24,27)/t16-,17?/m0/s1. The molecule has 3 heterocycles. The van der Waals surface area contributed by atoms with E-state index in [1.807, 2.05) is 11.8 Å². The number of nitrogens with two attached hydrogens (primary N) is 1. The number of carbonyl (C=O) groups excluding carboxylic acids is 2. The van der Waals surface area contributed by atoms with Crippen molar-refractivity contribution < 1.29 is 9.59 Å². The van der Waals surface area contributed by atoms with Crippen molar-refractivity contribution in [1.82, 2.24) is 9.80 Å². The summed E-state index contributed by atoms with van der Waals surface area (Å²) in [6, 6.07) is 10.7. The molecule has 29 heavy (non-hydrogen) atoms. The lowest BCUT2D eigenvalue weighted by atomic mass is 10.0. The number of rotatable bonds is 6. The molecule has 5 nitrogen and oxygen atoms in total. The van der Waals surface area contributed by atoms with E-state index in [4.69, 9.17) is 5.73 Å². The Morgan fingerprint density at radius 2 is 1.79 bits per heavy atom. The Morgan fingerprint density at radius 3 is 2.38 bits per heavy atom. The number of nitrogens with zero attached hydrogens (tertiary/aromatic N) is 2. The van der Waals surface area contributed by atoms with Crippen LogP contribution in [-0.2, 0) is 6.42 Å². The molecule has 0 saturated carbocycles. The monoisotopic (exact) mass is 523 g/mol. The van der Waals surface area contributed by atoms with Gasteiger partial charge in [0.25, 0.3) is 11.8 Å². The summed E-state index contributed by atoms with van der Waals surface area (Å²) in [7, 11) is 0. The Kier molecular flexibility index (Phi) is 6.27. The molecule has 1 aromatic carbocycles. The van der Waals surface area contributed by atoms with Crippen LogP contribution in [0.25, 0.3) is 0 Å². The lowest BCUT2D eigenvalue weighted by Gasteiger charge is -2.22. The average molecular weight is 523 g/mol. The van der Waals surface area contributed by atoms with Gasteiger partial charge in [-0.3, -0.25) is 9.59 Å². The van der Waals surface area contributed by atoms with Gasteiger partial charge in [-0.05, 0) is 66.3 Å². The van der Waals surface area contributed by atoms with Crippen LogP contribution in [0.5, 0.6) is 0 Å². The topological polar surface area (TPSA) is 66.6 Å². The van der Waals surface area contributed by atoms with Crippen LogP contribution in [0, 0.1) is 22.3 Å². The fraction of sp³-hybridized carbons (Fsp3) is 0.455. The molecule has 2 aliphatic rings. The number of carbonyl (C=O) groups is 2. The highest BCUT2D eigenvalue weighted by atomic mass is 127. The number of fused-ring (bicyclic) bond motifs is 1. The number of hydrogen-bond donors (Lipinski definition) is 1. The van der Waals surface area contributed by atoms with Gasteiger partial charge in [0.15, 0.2) is 0 Å². The second-order valence-corrected chi connectivity index (χ2v) is 10.4. The maximum Gasteiger partial charge on any atom is 0.259 e. The zero-order valence-electron chi connectivity index (χ0n) is 16.6. The number of amides is 2. The first kappa shape index (κ1) is 20.8. The quantitative estimate of drug-likeness (QED) is 0.591. The first-order valence-corrected chi connectivity index (χ1v) is 12.0. The third-order valence-corrected chi connectivity index (χ3v) is 8.66. The molecule has 1 unspecified atom stereocenters. The minimum absolute atomic E-state index is 0.0562. The molecule has 7 heteroatoms. The summed E-state index contributed by atoms with van der Waals surface area (Å²) in [5.74, 6) is 0.720. The van der Waals surface area contributed by atoms with E-state index in [1.54, 1.807) is 0 Å². The van der Waals surface area contributed by atoms with Gasteiger partial charge in [-0.1, -0.05) is 30.3 Å². The van der Waals surface area contributed by atoms with Crippen LogP contribution in [0.1, 0.15) is 36.9 Å². The lowest BCUT2D eigenvalue weighted by molar-refractivity contribution is 0.0773. The van der Waals surface area contributed by atoms with Gasteiger partial charge in [-0.2, -0.15) is 0 Å². The van der Waals surface area contributed by atoms with Gasteiger partial charge in [-0.25, -0.2) is 0 Å². The number of benzene rings is 1. The molecule has 2 N–H and O–H groups in total. The zero-order valence-corrected chi connectivity index (χ0v) is 19.5. The summed E-state index contributed by atoms with van der Waals surface area (Å²) in [5, 5.41) is 0. The van der Waals surface area contributed by atoms with E-state index in [9.17, 15) is 9.59 Å². The molecule has 154 valence electrons. The molecule has 2 aliphatic heterocycles. The number of aryl methyl sites for hydroxylation is 2. The molecule has 0 radical (unpaired) electrons. The van der Waals surface area contributed by atoms with Crippen molar-refractivity contribution in [3.63, 3.8) is 0 Å². The van der Waals surface area contributed by atoms with Crippen LogP contribution in [0.4, 0.5) is 0 Å². The molecule has 0 aliphatic carbocycles. The second-order valence-electron chi connectivity index (χ2n) is 8.12. The lowest BCUT2D eigenvalue weighted by Crippen LogP contribution is -2.34. The van der Waals surface area contributed by atoms with E-state index in [1.165, 1.54) is 23.3 Å². The fourth-order valence-corrected chi connectivity index (χ4v) is 6.97. The molecule has 4 rings (SSSR count). The number of halogens is 1. The smallest absolute Gasteiger partial charge is 0.259 e. The van der Waals surface area contributed by atoms with Crippen LogP contribution in [0.15, 0.2) is 30.3 Å². The summed E-state index contributed by atoms with van der Waals surface area (Å²) in [5.41, 5.74) is 7.53. The third kappa shape index (κ3) is 4.36. The van der Waals surface area contributed by atoms with Gasteiger partial charge in [0.05, 0.1) is 5.56 Å². The minimum Gasteiger partial charge on any atom is -0.365 e. The van der Waals surface area contributed by atoms with Crippen molar-refractivity contribution in [2.45, 2.75) is 19.8 Å². The third-order valence-electron chi connectivity index (χ3n) is 6.10. The Labute approximate surface area is 189 Å². The van der Waals surface area contributed by atoms with E-state index in [0.29, 0.717) is 25.8 Å². The van der Waals surface area contributed by atoms with Gasteiger partial charge in [0.1, 0.15) is 4.88 Å². The Morgan fingerprint density at radius 1 is 1.14 bits per heavy atom. The van der Waals surface area contributed by atoms with Crippen molar-refractivity contribution in [3.05, 3.63) is 54.8 Å². The Bertz CT molecular complexity index is 900. The summed E-state index contributed by atoms with van der Waals surface area (Å²) in [4.78, 5) is 30.7. The largest absolute Gasteiger partial charge is 0.365 e. The summed E-state index contributed by atoms with van der Waals surface area (Å²) < 4.78 is 0.710. The summed E-state index contributed by atoms with van der Waals surface area (Å²) >= 11 is 3.42. The van der Waals surface area contributed by atoms with Gasteiger partial charge in [0, 0.05) is 34.6 Å². The molecule has 0 spiro atoms. The van der Waals surface area contributed by atoms with Gasteiger partial charge in [0.2, 0.25) is 0 Å². The molecular formula is C22H26IN3O2S. The SMILES string of the molecule is Cc1sc(C(N)=O)c(I)c1C(=O)N1CC2CN(CCCc3ccccc3)C[C@H]2C1. The first-order valence-electron chi connectivity index (χ1n) is 10.1. The summed E-state index contributed by atoms with van der Waals surface area (Å²) in [6.45, 7) is 6.81. The highest BCUT2D eigenvalue weighted by Crippen LogP contribution is 2.35. The van der Waals surface area contributed by atoms with Gasteiger partial charge >= 0.3 is 0 Å². The van der Waals surface area contributed by atoms with E-state index < -0.39 is 5.91 Å². The van der Waals surface area contributed by atoms with Gasteiger partial charge in [-0.15, -0.1) is 11.3 Å². The molecule has 1 aromatic heterocycles. The number of primary amides is 1. The fourth-order valence-electron chi connectivity index (χ4n) is 4.67. The maximum atomic E-state index is 13.1. The molecular weight excluding hydrogens is 497 g/mol. The van der Waals surface area contributed by atoms with E-state index >= 15 is 0 Å². The molecule has 2 atom stereocenters. The average Bonchev–Trinajstić information content (AvgIpc) is 3.33. The highest BCUT2D eigenvalue weighted by Gasteiger charge is 2.42. The molecule has 2 amide bonds. The van der Waals surface area contributed by atoms with Crippen LogP contribution >= 0.6 is 33.9 Å². The number of hydrogen-bond acceptors (Lipinski definition) is 4.